The van der Waals surface area contributed by atoms with Crippen LogP contribution in [0, 0.1) is 0 Å². The number of amides is 1. The molecule has 3 atom stereocenters. The first kappa shape index (κ1) is 14.7. The first-order valence-corrected chi connectivity index (χ1v) is 6.56. The van der Waals surface area contributed by atoms with Gasteiger partial charge >= 0.3 is 0 Å². The highest BCUT2D eigenvalue weighted by Gasteiger charge is 2.60. The number of rotatable bonds is 3. The van der Waals surface area contributed by atoms with Crippen LogP contribution in [0.4, 0.5) is 0 Å². The van der Waals surface area contributed by atoms with Gasteiger partial charge in [0.2, 0.25) is 4.33 Å². The molecule has 8 heteroatoms. The van der Waals surface area contributed by atoms with Gasteiger partial charge in [0.1, 0.15) is 18.8 Å². The van der Waals surface area contributed by atoms with Gasteiger partial charge in [-0.2, -0.15) is 0 Å². The summed E-state index contributed by atoms with van der Waals surface area (Å²) in [5.41, 5.74) is 5.55. The number of alkyl halides is 2. The molecule has 0 saturated carbocycles. The third-order valence-electron chi connectivity index (χ3n) is 3.20. The van der Waals surface area contributed by atoms with Gasteiger partial charge in [0.25, 0.3) is 12.1 Å². The fourth-order valence-electron chi connectivity index (χ4n) is 2.18. The Morgan fingerprint density at radius 3 is 2.84 bits per heavy atom. The van der Waals surface area contributed by atoms with E-state index in [0.717, 1.165) is 0 Å². The molecule has 0 aromatic rings. The van der Waals surface area contributed by atoms with Crippen molar-refractivity contribution in [3.05, 3.63) is 11.6 Å². The predicted molar refractivity (Wildman–Crippen MR) is 69.3 cm³/mol. The molecule has 0 aromatic carbocycles. The standard InChI is InChI=1S/C11H14Cl2N2O4/c12-11(13)8(17)7(5-16)19-10(11)15-3-1-2-6(4-15)9(14)18/h2,4,7-8,10,16-17H,1,3,5H2,(H-,14,18)/p+1/t7-,8?,10-/m1/s1. The molecule has 19 heavy (non-hydrogen) atoms. The zero-order valence-corrected chi connectivity index (χ0v) is 11.5. The van der Waals surface area contributed by atoms with Crippen molar-refractivity contribution in [2.24, 2.45) is 5.73 Å². The molecule has 0 aromatic heterocycles. The summed E-state index contributed by atoms with van der Waals surface area (Å²) < 4.78 is 5.47. The van der Waals surface area contributed by atoms with Crippen molar-refractivity contribution in [2.45, 2.75) is 29.2 Å². The van der Waals surface area contributed by atoms with Crippen molar-refractivity contribution in [2.75, 3.05) is 13.2 Å². The Bertz CT molecular complexity index is 450. The number of aliphatic hydroxyl groups excluding tert-OH is 2. The first-order valence-electron chi connectivity index (χ1n) is 5.80. The van der Waals surface area contributed by atoms with Crippen LogP contribution in [0.2, 0.25) is 0 Å². The van der Waals surface area contributed by atoms with Gasteiger partial charge in [-0.05, 0) is 0 Å². The minimum atomic E-state index is -1.59. The quantitative estimate of drug-likeness (QED) is 0.467. The maximum absolute atomic E-state index is 11.2. The number of primary amides is 1. The fraction of sp³-hybridized carbons (Fsp3) is 0.636. The van der Waals surface area contributed by atoms with Crippen LogP contribution in [0.3, 0.4) is 0 Å². The summed E-state index contributed by atoms with van der Waals surface area (Å²) in [6.07, 6.45) is 0.850. The summed E-state index contributed by atoms with van der Waals surface area (Å²) in [7, 11) is 0. The van der Waals surface area contributed by atoms with Gasteiger partial charge in [0.05, 0.1) is 12.2 Å². The van der Waals surface area contributed by atoms with E-state index in [1.807, 2.05) is 0 Å². The number of nitrogens with two attached hydrogens (primary N) is 1. The minimum absolute atomic E-state index is 0.334. The number of hydrogen-bond acceptors (Lipinski definition) is 4. The molecular formula is C11H15Cl2N2O4+. The summed E-state index contributed by atoms with van der Waals surface area (Å²) in [4.78, 5) is 11.2. The van der Waals surface area contributed by atoms with Crippen LogP contribution in [0.15, 0.2) is 11.6 Å². The Morgan fingerprint density at radius 1 is 1.63 bits per heavy atom. The van der Waals surface area contributed by atoms with Crippen molar-refractivity contribution < 1.29 is 24.3 Å². The summed E-state index contributed by atoms with van der Waals surface area (Å²) in [6, 6.07) is 0. The van der Waals surface area contributed by atoms with Crippen LogP contribution in [0.1, 0.15) is 6.42 Å². The topological polar surface area (TPSA) is 95.8 Å². The molecule has 1 fully saturated rings. The maximum atomic E-state index is 11.2. The lowest BCUT2D eigenvalue weighted by molar-refractivity contribution is -0.607. The van der Waals surface area contributed by atoms with E-state index in [4.69, 9.17) is 38.8 Å². The normalized spacial score (nSPS) is 33.8. The average Bonchev–Trinajstić information content (AvgIpc) is 2.61. The molecule has 0 spiro atoms. The number of hydrogen-bond donors (Lipinski definition) is 3. The summed E-state index contributed by atoms with van der Waals surface area (Å²) in [6.45, 7) is 0.124. The zero-order chi connectivity index (χ0) is 14.2. The number of carbonyl (C=O) groups is 1. The number of ether oxygens (including phenoxy) is 1. The van der Waals surface area contributed by atoms with E-state index in [1.165, 1.54) is 6.21 Å². The molecule has 2 aliphatic rings. The van der Waals surface area contributed by atoms with Crippen molar-refractivity contribution in [1.29, 1.82) is 0 Å². The van der Waals surface area contributed by atoms with Gasteiger partial charge in [-0.15, -0.1) is 0 Å². The Kier molecular flexibility index (Phi) is 4.17. The predicted octanol–water partition coefficient (Wildman–Crippen LogP) is -0.863. The van der Waals surface area contributed by atoms with Crippen LogP contribution in [0.5, 0.6) is 0 Å². The Morgan fingerprint density at radius 2 is 2.32 bits per heavy atom. The molecule has 0 aliphatic carbocycles. The van der Waals surface area contributed by atoms with E-state index >= 15 is 0 Å². The second kappa shape index (κ2) is 5.38. The van der Waals surface area contributed by atoms with Gasteiger partial charge in [0.15, 0.2) is 6.21 Å². The summed E-state index contributed by atoms with van der Waals surface area (Å²) >= 11 is 12.2. The van der Waals surface area contributed by atoms with E-state index in [2.05, 4.69) is 0 Å². The van der Waals surface area contributed by atoms with Crippen LogP contribution >= 0.6 is 23.2 Å². The molecule has 2 heterocycles. The summed E-state index contributed by atoms with van der Waals surface area (Å²) in [5, 5.41) is 19.0. The van der Waals surface area contributed by atoms with Gasteiger partial charge in [0, 0.05) is 6.42 Å². The summed E-state index contributed by atoms with van der Waals surface area (Å²) in [5.74, 6) is -0.559. The molecule has 1 unspecified atom stereocenters. The van der Waals surface area contributed by atoms with Crippen LogP contribution in [-0.4, -0.2) is 62.8 Å². The van der Waals surface area contributed by atoms with Gasteiger partial charge < -0.3 is 20.7 Å². The van der Waals surface area contributed by atoms with Crippen LogP contribution < -0.4 is 5.73 Å². The molecule has 4 N–H and O–H groups in total. The first-order chi connectivity index (χ1) is 8.87. The lowest BCUT2D eigenvalue weighted by Gasteiger charge is -2.21. The van der Waals surface area contributed by atoms with Crippen LogP contribution in [0.25, 0.3) is 0 Å². The number of halogens is 2. The van der Waals surface area contributed by atoms with Crippen molar-refractivity contribution in [3.63, 3.8) is 0 Å². The Balaban J connectivity index is 2.27. The molecule has 6 nitrogen and oxygen atoms in total. The molecule has 0 radical (unpaired) electrons. The van der Waals surface area contributed by atoms with Crippen LogP contribution in [-0.2, 0) is 9.53 Å². The Hall–Kier alpha value is -0.660. The lowest BCUT2D eigenvalue weighted by Crippen LogP contribution is -2.45. The number of nitrogens with zero attached hydrogens (tertiary/aromatic N) is 1. The van der Waals surface area contributed by atoms with Gasteiger partial charge in [-0.1, -0.05) is 29.3 Å². The fourth-order valence-corrected chi connectivity index (χ4v) is 2.82. The highest BCUT2D eigenvalue weighted by Crippen LogP contribution is 2.41. The van der Waals surface area contributed by atoms with E-state index in [9.17, 15) is 9.90 Å². The minimum Gasteiger partial charge on any atom is -0.394 e. The van der Waals surface area contributed by atoms with Crippen molar-refractivity contribution >= 4 is 35.3 Å². The van der Waals surface area contributed by atoms with Gasteiger partial charge in [-0.3, -0.25) is 4.79 Å². The molecule has 106 valence electrons. The van der Waals surface area contributed by atoms with E-state index in [0.29, 0.717) is 18.5 Å². The maximum Gasteiger partial charge on any atom is 0.294 e. The monoisotopic (exact) mass is 309 g/mol. The smallest absolute Gasteiger partial charge is 0.294 e. The highest BCUT2D eigenvalue weighted by atomic mass is 35.5. The zero-order valence-electron chi connectivity index (χ0n) is 10.00. The molecule has 1 amide bonds. The lowest BCUT2D eigenvalue weighted by atomic mass is 10.1. The molecule has 1 saturated heterocycles. The van der Waals surface area contributed by atoms with E-state index < -0.39 is 35.3 Å². The number of aliphatic hydroxyl groups is 2. The van der Waals surface area contributed by atoms with E-state index in [1.54, 1.807) is 10.7 Å². The molecule has 0 bridgehead atoms. The molecule has 2 rings (SSSR count). The third kappa shape index (κ3) is 2.64. The average molecular weight is 310 g/mol. The molecular weight excluding hydrogens is 295 g/mol. The highest BCUT2D eigenvalue weighted by molar-refractivity contribution is 6.49. The third-order valence-corrected chi connectivity index (χ3v) is 4.02. The van der Waals surface area contributed by atoms with Crippen molar-refractivity contribution in [3.8, 4) is 0 Å². The van der Waals surface area contributed by atoms with E-state index in [-0.39, 0.29) is 0 Å². The number of carbonyl (C=O) groups excluding carboxylic acids is 1. The SMILES string of the molecule is NC(=O)C1=CCC[N+]([C@@H]2O[C@H](CO)C(O)C2(Cl)Cl)=C1. The largest absolute Gasteiger partial charge is 0.394 e. The van der Waals surface area contributed by atoms with Gasteiger partial charge in [-0.25, -0.2) is 4.58 Å². The van der Waals surface area contributed by atoms with Crippen molar-refractivity contribution in [1.82, 2.24) is 0 Å². The molecule has 2 aliphatic heterocycles. The Labute approximate surface area is 120 Å². The second-order valence-electron chi connectivity index (χ2n) is 4.51. The second-order valence-corrected chi connectivity index (χ2v) is 5.95.